The SMILES string of the molecule is Cc1ccc(S(=O)C(C)[C@@](O)(C#N)c2ccccc2)cc1. The van der Waals surface area contributed by atoms with Crippen LogP contribution in [0.2, 0.25) is 0 Å². The number of nitriles is 1. The molecule has 4 heteroatoms. The van der Waals surface area contributed by atoms with Crippen molar-refractivity contribution in [3.63, 3.8) is 0 Å². The van der Waals surface area contributed by atoms with Crippen LogP contribution in [0.1, 0.15) is 18.1 Å². The molecule has 108 valence electrons. The molecule has 0 heterocycles. The number of benzene rings is 2. The summed E-state index contributed by atoms with van der Waals surface area (Å²) in [4.78, 5) is 0.609. The van der Waals surface area contributed by atoms with Gasteiger partial charge in [0.2, 0.25) is 0 Å². The highest BCUT2D eigenvalue weighted by Gasteiger charge is 2.40. The van der Waals surface area contributed by atoms with Gasteiger partial charge in [0.05, 0.1) is 16.0 Å². The lowest BCUT2D eigenvalue weighted by Crippen LogP contribution is -2.39. The molecule has 0 saturated carbocycles. The molecule has 2 unspecified atom stereocenters. The first-order valence-corrected chi connectivity index (χ1v) is 7.86. The van der Waals surface area contributed by atoms with Crippen LogP contribution in [0.15, 0.2) is 59.5 Å². The summed E-state index contributed by atoms with van der Waals surface area (Å²) in [5.74, 6) is 0. The van der Waals surface area contributed by atoms with Gasteiger partial charge in [0.15, 0.2) is 5.60 Å². The van der Waals surface area contributed by atoms with Crippen LogP contribution < -0.4 is 0 Å². The molecule has 0 radical (unpaired) electrons. The highest BCUT2D eigenvalue weighted by atomic mass is 32.2. The minimum absolute atomic E-state index is 0.459. The molecule has 0 bridgehead atoms. The molecule has 0 aromatic heterocycles. The lowest BCUT2D eigenvalue weighted by molar-refractivity contribution is 0.0981. The van der Waals surface area contributed by atoms with E-state index in [1.165, 1.54) is 0 Å². The second-order valence-corrected chi connectivity index (χ2v) is 6.77. The smallest absolute Gasteiger partial charge is 0.191 e. The predicted molar refractivity (Wildman–Crippen MR) is 83.0 cm³/mol. The van der Waals surface area contributed by atoms with E-state index in [0.717, 1.165) is 5.56 Å². The number of aryl methyl sites for hydroxylation is 1. The quantitative estimate of drug-likeness (QED) is 0.883. The van der Waals surface area contributed by atoms with E-state index in [0.29, 0.717) is 10.5 Å². The second-order valence-electron chi connectivity index (χ2n) is 5.00. The van der Waals surface area contributed by atoms with E-state index in [1.807, 2.05) is 31.2 Å². The Hall–Kier alpha value is -1.96. The normalized spacial score (nSPS) is 16.5. The first-order valence-electron chi connectivity index (χ1n) is 6.65. The van der Waals surface area contributed by atoms with Gasteiger partial charge in [-0.25, -0.2) is 0 Å². The molecule has 3 atom stereocenters. The van der Waals surface area contributed by atoms with Gasteiger partial charge < -0.3 is 5.11 Å². The van der Waals surface area contributed by atoms with E-state index in [-0.39, 0.29) is 0 Å². The van der Waals surface area contributed by atoms with Crippen molar-refractivity contribution in [1.82, 2.24) is 0 Å². The van der Waals surface area contributed by atoms with Crippen LogP contribution >= 0.6 is 0 Å². The van der Waals surface area contributed by atoms with Crippen molar-refractivity contribution in [2.45, 2.75) is 29.6 Å². The Kier molecular flexibility index (Phi) is 4.56. The molecule has 0 spiro atoms. The molecule has 0 aliphatic carbocycles. The average molecular weight is 299 g/mol. The number of aliphatic hydroxyl groups is 1. The lowest BCUT2D eigenvalue weighted by Gasteiger charge is -2.27. The zero-order chi connectivity index (χ0) is 15.5. The van der Waals surface area contributed by atoms with Crippen molar-refractivity contribution in [3.8, 4) is 6.07 Å². The van der Waals surface area contributed by atoms with E-state index in [1.54, 1.807) is 43.3 Å². The summed E-state index contributed by atoms with van der Waals surface area (Å²) in [6.45, 7) is 3.58. The number of hydrogen-bond acceptors (Lipinski definition) is 3. The highest BCUT2D eigenvalue weighted by Crippen LogP contribution is 2.30. The molecule has 2 rings (SSSR count). The molecular weight excluding hydrogens is 282 g/mol. The molecule has 21 heavy (non-hydrogen) atoms. The van der Waals surface area contributed by atoms with Crippen LogP contribution in [0.25, 0.3) is 0 Å². The molecule has 0 saturated heterocycles. The van der Waals surface area contributed by atoms with Gasteiger partial charge in [-0.3, -0.25) is 4.21 Å². The highest BCUT2D eigenvalue weighted by molar-refractivity contribution is 7.85. The number of rotatable bonds is 4. The van der Waals surface area contributed by atoms with Gasteiger partial charge in [-0.05, 0) is 31.5 Å². The zero-order valence-electron chi connectivity index (χ0n) is 12.0. The predicted octanol–water partition coefficient (Wildman–Crippen LogP) is 2.90. The summed E-state index contributed by atoms with van der Waals surface area (Å²) in [7, 11) is -1.48. The molecule has 2 aromatic carbocycles. The molecule has 0 aliphatic rings. The summed E-state index contributed by atoms with van der Waals surface area (Å²) in [6, 6.07) is 17.8. The first-order chi connectivity index (χ1) is 9.99. The standard InChI is InChI=1S/C17H17NO2S/c1-13-8-10-16(11-9-13)21(20)14(2)17(19,12-18)15-6-4-3-5-7-15/h3-11,14,19H,1-2H3/t14?,17-,21?/m0/s1. The van der Waals surface area contributed by atoms with Crippen LogP contribution in [0.5, 0.6) is 0 Å². The molecule has 0 fully saturated rings. The van der Waals surface area contributed by atoms with Gasteiger partial charge >= 0.3 is 0 Å². The third kappa shape index (κ3) is 3.05. The Balaban J connectivity index is 2.37. The van der Waals surface area contributed by atoms with E-state index >= 15 is 0 Å². The number of hydrogen-bond donors (Lipinski definition) is 1. The Morgan fingerprint density at radius 2 is 1.71 bits per heavy atom. The van der Waals surface area contributed by atoms with Gasteiger partial charge in [0.1, 0.15) is 6.07 Å². The van der Waals surface area contributed by atoms with Crippen molar-refractivity contribution in [1.29, 1.82) is 5.26 Å². The van der Waals surface area contributed by atoms with Crippen molar-refractivity contribution >= 4 is 10.8 Å². The van der Waals surface area contributed by atoms with Gasteiger partial charge in [0.25, 0.3) is 0 Å². The maximum Gasteiger partial charge on any atom is 0.191 e. The summed E-state index contributed by atoms with van der Waals surface area (Å²) in [5.41, 5.74) is -0.251. The summed E-state index contributed by atoms with van der Waals surface area (Å²) in [5, 5.41) is 19.4. The minimum atomic E-state index is -1.78. The minimum Gasteiger partial charge on any atom is -0.371 e. The van der Waals surface area contributed by atoms with Crippen LogP contribution in [-0.4, -0.2) is 14.6 Å². The Bertz CT molecular complexity index is 676. The largest absolute Gasteiger partial charge is 0.371 e. The fraction of sp³-hybridized carbons (Fsp3) is 0.235. The van der Waals surface area contributed by atoms with E-state index in [4.69, 9.17) is 0 Å². The first kappa shape index (κ1) is 15.4. The average Bonchev–Trinajstić information content (AvgIpc) is 2.54. The summed E-state index contributed by atoms with van der Waals surface area (Å²) in [6.07, 6.45) is 0. The third-order valence-corrected chi connectivity index (χ3v) is 5.27. The summed E-state index contributed by atoms with van der Waals surface area (Å²) < 4.78 is 12.6. The molecule has 0 aliphatic heterocycles. The van der Waals surface area contributed by atoms with E-state index in [9.17, 15) is 14.6 Å². The third-order valence-electron chi connectivity index (χ3n) is 3.55. The van der Waals surface area contributed by atoms with Crippen molar-refractivity contribution in [2.75, 3.05) is 0 Å². The fourth-order valence-electron chi connectivity index (χ4n) is 2.11. The van der Waals surface area contributed by atoms with E-state index < -0.39 is 21.7 Å². The fourth-order valence-corrected chi connectivity index (χ4v) is 3.43. The zero-order valence-corrected chi connectivity index (χ0v) is 12.8. The van der Waals surface area contributed by atoms with Gasteiger partial charge in [-0.1, -0.05) is 48.0 Å². The van der Waals surface area contributed by atoms with E-state index in [2.05, 4.69) is 0 Å². The van der Waals surface area contributed by atoms with Gasteiger partial charge in [-0.15, -0.1) is 0 Å². The Morgan fingerprint density at radius 1 is 1.14 bits per heavy atom. The maximum absolute atomic E-state index is 12.6. The molecule has 2 aromatic rings. The molecule has 3 nitrogen and oxygen atoms in total. The molecule has 1 N–H and O–H groups in total. The number of nitrogens with zero attached hydrogens (tertiary/aromatic N) is 1. The van der Waals surface area contributed by atoms with Crippen LogP contribution in [0.3, 0.4) is 0 Å². The lowest BCUT2D eigenvalue weighted by atomic mass is 9.92. The molecular formula is C17H17NO2S. The second kappa shape index (κ2) is 6.21. The summed E-state index contributed by atoms with van der Waals surface area (Å²) >= 11 is 0. The maximum atomic E-state index is 12.6. The van der Waals surface area contributed by atoms with Crippen LogP contribution in [0, 0.1) is 18.3 Å². The van der Waals surface area contributed by atoms with Crippen molar-refractivity contribution in [2.24, 2.45) is 0 Å². The Morgan fingerprint density at radius 3 is 2.24 bits per heavy atom. The van der Waals surface area contributed by atoms with Crippen molar-refractivity contribution < 1.29 is 9.32 Å². The topological polar surface area (TPSA) is 61.1 Å². The van der Waals surface area contributed by atoms with Gasteiger partial charge in [0, 0.05) is 4.90 Å². The molecule has 0 amide bonds. The van der Waals surface area contributed by atoms with Crippen LogP contribution in [-0.2, 0) is 16.4 Å². The van der Waals surface area contributed by atoms with Gasteiger partial charge in [-0.2, -0.15) is 5.26 Å². The monoisotopic (exact) mass is 299 g/mol. The van der Waals surface area contributed by atoms with Crippen molar-refractivity contribution in [3.05, 3.63) is 65.7 Å². The van der Waals surface area contributed by atoms with Crippen LogP contribution in [0.4, 0.5) is 0 Å². The Labute approximate surface area is 127 Å².